The van der Waals surface area contributed by atoms with Gasteiger partial charge in [0, 0.05) is 17.5 Å². The molecule has 0 bridgehead atoms. The van der Waals surface area contributed by atoms with Gasteiger partial charge in [0.15, 0.2) is 0 Å². The molecule has 1 heterocycles. The van der Waals surface area contributed by atoms with Crippen LogP contribution in [-0.4, -0.2) is 17.7 Å². The molecule has 1 aromatic carbocycles. The minimum atomic E-state index is -0.734. The van der Waals surface area contributed by atoms with Gasteiger partial charge in [-0.1, -0.05) is 38.0 Å². The van der Waals surface area contributed by atoms with Crippen LogP contribution in [0.15, 0.2) is 24.3 Å². The molecule has 2 rings (SSSR count). The molecule has 100 valence electrons. The first-order valence-electron chi connectivity index (χ1n) is 6.86. The van der Waals surface area contributed by atoms with Crippen LogP contribution in [0.1, 0.15) is 44.3 Å². The van der Waals surface area contributed by atoms with Gasteiger partial charge in [-0.25, -0.2) is 4.39 Å². The molecule has 0 aromatic heterocycles. The first-order valence-corrected chi connectivity index (χ1v) is 6.86. The molecule has 1 fully saturated rings. The molecule has 3 unspecified atom stereocenters. The Labute approximate surface area is 108 Å². The van der Waals surface area contributed by atoms with Crippen molar-refractivity contribution in [1.29, 1.82) is 0 Å². The molecule has 1 aliphatic heterocycles. The van der Waals surface area contributed by atoms with E-state index in [0.29, 0.717) is 5.56 Å². The zero-order chi connectivity index (χ0) is 13.0. The van der Waals surface area contributed by atoms with Crippen molar-refractivity contribution in [2.24, 2.45) is 5.92 Å². The third-order valence-corrected chi connectivity index (χ3v) is 3.96. The standard InChI is InChI=1S/C15H22FNO/c1-11(14-9-3-2-6-10-17-14)15(18)12-7-4-5-8-13(12)16/h4-5,7-8,11,14-15,17-18H,2-3,6,9-10H2,1H3. The largest absolute Gasteiger partial charge is 0.388 e. The summed E-state index contributed by atoms with van der Waals surface area (Å²) in [5, 5.41) is 13.8. The summed E-state index contributed by atoms with van der Waals surface area (Å²) in [5.74, 6) is -0.287. The van der Waals surface area contributed by atoms with Crippen molar-refractivity contribution in [1.82, 2.24) is 5.32 Å². The fourth-order valence-corrected chi connectivity index (χ4v) is 2.72. The number of nitrogens with one attached hydrogen (secondary N) is 1. The zero-order valence-electron chi connectivity index (χ0n) is 10.9. The third kappa shape index (κ3) is 3.09. The Hall–Kier alpha value is -0.930. The fourth-order valence-electron chi connectivity index (χ4n) is 2.72. The average Bonchev–Trinajstić information content (AvgIpc) is 2.66. The number of benzene rings is 1. The van der Waals surface area contributed by atoms with Gasteiger partial charge in [-0.15, -0.1) is 0 Å². The smallest absolute Gasteiger partial charge is 0.129 e. The first-order chi connectivity index (χ1) is 8.70. The lowest BCUT2D eigenvalue weighted by molar-refractivity contribution is 0.0894. The average molecular weight is 251 g/mol. The summed E-state index contributed by atoms with van der Waals surface area (Å²) >= 11 is 0. The predicted octanol–water partition coefficient (Wildman–Crippen LogP) is 3.03. The molecular formula is C15H22FNO. The molecule has 18 heavy (non-hydrogen) atoms. The quantitative estimate of drug-likeness (QED) is 0.865. The SMILES string of the molecule is CC(C1CCCCCN1)C(O)c1ccccc1F. The minimum absolute atomic E-state index is 0.0278. The van der Waals surface area contributed by atoms with Crippen molar-refractivity contribution in [2.75, 3.05) is 6.54 Å². The van der Waals surface area contributed by atoms with Gasteiger partial charge in [0.25, 0.3) is 0 Å². The lowest BCUT2D eigenvalue weighted by Crippen LogP contribution is -2.37. The van der Waals surface area contributed by atoms with Gasteiger partial charge in [0.2, 0.25) is 0 Å². The van der Waals surface area contributed by atoms with Gasteiger partial charge in [-0.2, -0.15) is 0 Å². The lowest BCUT2D eigenvalue weighted by atomic mass is 9.88. The Morgan fingerprint density at radius 1 is 1.28 bits per heavy atom. The topological polar surface area (TPSA) is 32.3 Å². The second-order valence-electron chi connectivity index (χ2n) is 5.24. The maximum Gasteiger partial charge on any atom is 0.129 e. The molecule has 0 radical (unpaired) electrons. The number of hydrogen-bond acceptors (Lipinski definition) is 2. The van der Waals surface area contributed by atoms with Gasteiger partial charge in [0.05, 0.1) is 6.10 Å². The fraction of sp³-hybridized carbons (Fsp3) is 0.600. The van der Waals surface area contributed by atoms with Crippen molar-refractivity contribution in [2.45, 2.75) is 44.8 Å². The highest BCUT2D eigenvalue weighted by Gasteiger charge is 2.27. The van der Waals surface area contributed by atoms with Crippen LogP contribution in [0, 0.1) is 11.7 Å². The van der Waals surface area contributed by atoms with Gasteiger partial charge < -0.3 is 10.4 Å². The first kappa shape index (κ1) is 13.5. The molecular weight excluding hydrogens is 229 g/mol. The molecule has 1 aliphatic rings. The summed E-state index contributed by atoms with van der Waals surface area (Å²) in [6.07, 6.45) is 3.95. The van der Waals surface area contributed by atoms with Crippen molar-refractivity contribution in [3.05, 3.63) is 35.6 Å². The highest BCUT2D eigenvalue weighted by molar-refractivity contribution is 5.20. The van der Waals surface area contributed by atoms with Crippen LogP contribution in [0.5, 0.6) is 0 Å². The summed E-state index contributed by atoms with van der Waals surface area (Å²) in [6.45, 7) is 3.00. The zero-order valence-corrected chi connectivity index (χ0v) is 10.9. The van der Waals surface area contributed by atoms with E-state index in [0.717, 1.165) is 13.0 Å². The Balaban J connectivity index is 2.07. The van der Waals surface area contributed by atoms with Gasteiger partial charge in [0.1, 0.15) is 5.82 Å². The number of hydrogen-bond donors (Lipinski definition) is 2. The molecule has 2 N–H and O–H groups in total. The number of aliphatic hydroxyl groups is 1. The van der Waals surface area contributed by atoms with E-state index in [4.69, 9.17) is 0 Å². The Bertz CT molecular complexity index is 375. The maximum atomic E-state index is 13.7. The molecule has 3 heteroatoms. The molecule has 0 spiro atoms. The van der Waals surface area contributed by atoms with Gasteiger partial charge >= 0.3 is 0 Å². The van der Waals surface area contributed by atoms with Crippen LogP contribution >= 0.6 is 0 Å². The molecule has 0 saturated carbocycles. The molecule has 2 nitrogen and oxygen atoms in total. The van der Waals surface area contributed by atoms with Gasteiger partial charge in [-0.05, 0) is 25.5 Å². The van der Waals surface area contributed by atoms with Crippen LogP contribution in [0.2, 0.25) is 0 Å². The van der Waals surface area contributed by atoms with Crippen molar-refractivity contribution in [3.8, 4) is 0 Å². The maximum absolute atomic E-state index is 13.7. The van der Waals surface area contributed by atoms with E-state index in [1.54, 1.807) is 18.2 Å². The molecule has 1 saturated heterocycles. The molecule has 0 amide bonds. The van der Waals surface area contributed by atoms with Crippen LogP contribution in [-0.2, 0) is 0 Å². The normalized spacial score (nSPS) is 24.3. The highest BCUT2D eigenvalue weighted by Crippen LogP contribution is 2.29. The van der Waals surface area contributed by atoms with Crippen LogP contribution in [0.3, 0.4) is 0 Å². The Kier molecular flexibility index (Phi) is 4.72. The van der Waals surface area contributed by atoms with Gasteiger partial charge in [-0.3, -0.25) is 0 Å². The molecule has 0 aliphatic carbocycles. The minimum Gasteiger partial charge on any atom is -0.388 e. The highest BCUT2D eigenvalue weighted by atomic mass is 19.1. The lowest BCUT2D eigenvalue weighted by Gasteiger charge is -2.28. The summed E-state index contributed by atoms with van der Waals surface area (Å²) in [6, 6.07) is 6.79. The Morgan fingerprint density at radius 2 is 2.06 bits per heavy atom. The van der Waals surface area contributed by atoms with E-state index in [2.05, 4.69) is 5.32 Å². The van der Waals surface area contributed by atoms with E-state index in [1.165, 1.54) is 25.3 Å². The van der Waals surface area contributed by atoms with E-state index < -0.39 is 6.10 Å². The predicted molar refractivity (Wildman–Crippen MR) is 70.8 cm³/mol. The Morgan fingerprint density at radius 3 is 2.83 bits per heavy atom. The summed E-state index contributed by atoms with van der Waals surface area (Å²) in [5.41, 5.74) is 0.413. The monoisotopic (exact) mass is 251 g/mol. The van der Waals surface area contributed by atoms with Crippen molar-refractivity contribution >= 4 is 0 Å². The summed E-state index contributed by atoms with van der Waals surface area (Å²) < 4.78 is 13.7. The van der Waals surface area contributed by atoms with E-state index in [9.17, 15) is 9.50 Å². The molecule has 3 atom stereocenters. The second-order valence-corrected chi connectivity index (χ2v) is 5.24. The summed E-state index contributed by atoms with van der Waals surface area (Å²) in [7, 11) is 0. The van der Waals surface area contributed by atoms with Crippen LogP contribution in [0.25, 0.3) is 0 Å². The van der Waals surface area contributed by atoms with Crippen LogP contribution in [0.4, 0.5) is 4.39 Å². The molecule has 1 aromatic rings. The second kappa shape index (κ2) is 6.30. The van der Waals surface area contributed by atoms with Crippen molar-refractivity contribution < 1.29 is 9.50 Å². The number of halogens is 1. The van der Waals surface area contributed by atoms with Crippen molar-refractivity contribution in [3.63, 3.8) is 0 Å². The van der Waals surface area contributed by atoms with Crippen LogP contribution < -0.4 is 5.32 Å². The number of aliphatic hydroxyl groups excluding tert-OH is 1. The van der Waals surface area contributed by atoms with E-state index in [1.807, 2.05) is 6.92 Å². The van der Waals surface area contributed by atoms with E-state index in [-0.39, 0.29) is 17.8 Å². The summed E-state index contributed by atoms with van der Waals surface area (Å²) in [4.78, 5) is 0. The number of rotatable bonds is 3. The van der Waals surface area contributed by atoms with E-state index >= 15 is 0 Å². The third-order valence-electron chi connectivity index (χ3n) is 3.96.